The Labute approximate surface area is 209 Å². The average molecular weight is 504 g/mol. The van der Waals surface area contributed by atoms with E-state index in [0.29, 0.717) is 34.3 Å². The van der Waals surface area contributed by atoms with Gasteiger partial charge in [0.2, 0.25) is 0 Å². The lowest BCUT2D eigenvalue weighted by atomic mass is 10.0. The van der Waals surface area contributed by atoms with Gasteiger partial charge in [-0.15, -0.1) is 0 Å². The lowest BCUT2D eigenvalue weighted by molar-refractivity contribution is -0.145. The number of carbonyl (C=O) groups excluding carboxylic acids is 3. The van der Waals surface area contributed by atoms with Crippen LogP contribution in [0.4, 0.5) is 0 Å². The van der Waals surface area contributed by atoms with E-state index in [1.54, 1.807) is 49.4 Å². The highest BCUT2D eigenvalue weighted by Crippen LogP contribution is 2.28. The van der Waals surface area contributed by atoms with Crippen molar-refractivity contribution in [2.24, 2.45) is 11.0 Å². The molecular weight excluding hydrogens is 474 g/mol. The molecule has 2 aromatic rings. The van der Waals surface area contributed by atoms with Crippen LogP contribution in [0.3, 0.4) is 0 Å². The summed E-state index contributed by atoms with van der Waals surface area (Å²) >= 11 is 5.86. The first-order chi connectivity index (χ1) is 16.7. The van der Waals surface area contributed by atoms with E-state index < -0.39 is 17.9 Å². The quantitative estimate of drug-likeness (QED) is 0.260. The van der Waals surface area contributed by atoms with E-state index in [0.717, 1.165) is 0 Å². The maximum Gasteiger partial charge on any atom is 0.344 e. The number of nitrogens with zero attached hydrogens (tertiary/aromatic N) is 1. The summed E-state index contributed by atoms with van der Waals surface area (Å²) in [4.78, 5) is 36.7. The predicted molar refractivity (Wildman–Crippen MR) is 133 cm³/mol. The van der Waals surface area contributed by atoms with Crippen LogP contribution in [0, 0.1) is 5.92 Å². The van der Waals surface area contributed by atoms with Crippen LogP contribution >= 0.6 is 11.6 Å². The molecule has 1 unspecified atom stereocenters. The summed E-state index contributed by atoms with van der Waals surface area (Å²) in [6.45, 7) is 7.59. The smallest absolute Gasteiger partial charge is 0.344 e. The zero-order chi connectivity index (χ0) is 25.8. The van der Waals surface area contributed by atoms with Crippen LogP contribution in [-0.4, -0.2) is 49.9 Å². The molecule has 9 nitrogen and oxygen atoms in total. The van der Waals surface area contributed by atoms with Gasteiger partial charge in [0.05, 0.1) is 19.4 Å². The Balaban J connectivity index is 2.03. The second kappa shape index (κ2) is 14.0. The number of ether oxygens (including phenoxy) is 3. The molecule has 35 heavy (non-hydrogen) atoms. The number of esters is 1. The number of rotatable bonds is 12. The minimum atomic E-state index is -0.798. The van der Waals surface area contributed by atoms with E-state index >= 15 is 0 Å². The number of amides is 2. The zero-order valence-electron chi connectivity index (χ0n) is 20.2. The summed E-state index contributed by atoms with van der Waals surface area (Å²) in [5.74, 6) is -0.710. The molecule has 1 atom stereocenters. The van der Waals surface area contributed by atoms with Crippen LogP contribution in [-0.2, 0) is 14.3 Å². The minimum absolute atomic E-state index is 0.179. The Morgan fingerprint density at radius 3 is 2.34 bits per heavy atom. The average Bonchev–Trinajstić information content (AvgIpc) is 2.82. The Bertz CT molecular complexity index is 1040. The maximum atomic E-state index is 12.7. The third-order valence-corrected chi connectivity index (χ3v) is 4.90. The van der Waals surface area contributed by atoms with Gasteiger partial charge in [0.1, 0.15) is 6.04 Å². The van der Waals surface area contributed by atoms with E-state index in [9.17, 15) is 14.4 Å². The fourth-order valence-corrected chi connectivity index (χ4v) is 3.06. The Morgan fingerprint density at radius 2 is 1.71 bits per heavy atom. The van der Waals surface area contributed by atoms with Crippen molar-refractivity contribution in [1.29, 1.82) is 0 Å². The van der Waals surface area contributed by atoms with E-state index in [1.807, 2.05) is 20.8 Å². The van der Waals surface area contributed by atoms with Gasteiger partial charge in [0, 0.05) is 10.6 Å². The van der Waals surface area contributed by atoms with Gasteiger partial charge in [-0.1, -0.05) is 25.4 Å². The summed E-state index contributed by atoms with van der Waals surface area (Å²) in [6.07, 6.45) is 1.44. The molecular formula is C25H30ClN3O6. The molecule has 0 aliphatic heterocycles. The third-order valence-electron chi connectivity index (χ3n) is 4.65. The van der Waals surface area contributed by atoms with Crippen molar-refractivity contribution >= 4 is 35.6 Å². The normalized spacial score (nSPS) is 11.7. The van der Waals surface area contributed by atoms with Gasteiger partial charge in [0.25, 0.3) is 11.8 Å². The number of hydrogen-bond donors (Lipinski definition) is 2. The number of carbonyl (C=O) groups is 3. The van der Waals surface area contributed by atoms with E-state index in [1.165, 1.54) is 6.21 Å². The van der Waals surface area contributed by atoms with Crippen LogP contribution in [0.1, 0.15) is 43.6 Å². The highest BCUT2D eigenvalue weighted by molar-refractivity contribution is 6.30. The number of benzene rings is 2. The molecule has 0 saturated heterocycles. The second-order valence-electron chi connectivity index (χ2n) is 7.67. The third kappa shape index (κ3) is 8.94. The highest BCUT2D eigenvalue weighted by atomic mass is 35.5. The fraction of sp³-hybridized carbons (Fsp3) is 0.360. The SMILES string of the molecule is CCOC(=O)COc1ccc(/C=N\NC(=O)C(NC(=O)c2ccc(Cl)cc2)C(C)C)cc1OCC. The monoisotopic (exact) mass is 503 g/mol. The van der Waals surface area contributed by atoms with Crippen molar-refractivity contribution in [2.75, 3.05) is 19.8 Å². The molecule has 0 aromatic heterocycles. The molecule has 0 aliphatic carbocycles. The molecule has 0 aliphatic rings. The van der Waals surface area contributed by atoms with Gasteiger partial charge >= 0.3 is 5.97 Å². The highest BCUT2D eigenvalue weighted by Gasteiger charge is 2.24. The number of hydrazone groups is 1. The van der Waals surface area contributed by atoms with E-state index in [4.69, 9.17) is 25.8 Å². The number of hydrogen-bond acceptors (Lipinski definition) is 7. The Kier molecular flexibility index (Phi) is 11.0. The topological polar surface area (TPSA) is 115 Å². The van der Waals surface area contributed by atoms with Crippen molar-refractivity contribution in [3.8, 4) is 11.5 Å². The first kappa shape index (κ1) is 27.7. The lowest BCUT2D eigenvalue weighted by Crippen LogP contribution is -2.48. The van der Waals surface area contributed by atoms with Crippen LogP contribution in [0.5, 0.6) is 11.5 Å². The fourth-order valence-electron chi connectivity index (χ4n) is 2.93. The standard InChI is InChI=1S/C25H30ClN3O6/c1-5-33-21-13-17(7-12-20(21)35-15-22(30)34-6-2)14-27-29-25(32)23(16(3)4)28-24(31)18-8-10-19(26)11-9-18/h7-14,16,23H,5-6,15H2,1-4H3,(H,28,31)(H,29,32)/b27-14-. The van der Waals surface area contributed by atoms with Crippen LogP contribution in [0.15, 0.2) is 47.6 Å². The molecule has 0 heterocycles. The molecule has 0 bridgehead atoms. The maximum absolute atomic E-state index is 12.7. The van der Waals surface area contributed by atoms with Crippen molar-refractivity contribution in [1.82, 2.24) is 10.7 Å². The van der Waals surface area contributed by atoms with Crippen molar-refractivity contribution in [2.45, 2.75) is 33.7 Å². The number of nitrogens with one attached hydrogen (secondary N) is 2. The van der Waals surface area contributed by atoms with Gasteiger partial charge in [-0.05, 0) is 67.8 Å². The van der Waals surface area contributed by atoms with Gasteiger partial charge in [-0.25, -0.2) is 10.2 Å². The predicted octanol–water partition coefficient (Wildman–Crippen LogP) is 3.59. The summed E-state index contributed by atoms with van der Waals surface area (Å²) < 4.78 is 15.9. The molecule has 2 N–H and O–H groups in total. The first-order valence-electron chi connectivity index (χ1n) is 11.2. The largest absolute Gasteiger partial charge is 0.490 e. The molecule has 188 valence electrons. The second-order valence-corrected chi connectivity index (χ2v) is 8.11. The summed E-state index contributed by atoms with van der Waals surface area (Å²) in [5, 5.41) is 7.24. The molecule has 0 saturated carbocycles. The molecule has 2 amide bonds. The van der Waals surface area contributed by atoms with E-state index in [-0.39, 0.29) is 25.0 Å². The molecule has 2 rings (SSSR count). The molecule has 2 aromatic carbocycles. The lowest BCUT2D eigenvalue weighted by Gasteiger charge is -2.20. The van der Waals surface area contributed by atoms with Crippen LogP contribution < -0.4 is 20.2 Å². The molecule has 0 spiro atoms. The molecule has 0 fully saturated rings. The van der Waals surface area contributed by atoms with Crippen molar-refractivity contribution in [3.63, 3.8) is 0 Å². The zero-order valence-corrected chi connectivity index (χ0v) is 20.9. The van der Waals surface area contributed by atoms with Crippen molar-refractivity contribution in [3.05, 3.63) is 58.6 Å². The Morgan fingerprint density at radius 1 is 1.00 bits per heavy atom. The van der Waals surface area contributed by atoms with Crippen LogP contribution in [0.25, 0.3) is 0 Å². The molecule has 10 heteroatoms. The number of halogens is 1. The summed E-state index contributed by atoms with van der Waals surface area (Å²) in [7, 11) is 0. The minimum Gasteiger partial charge on any atom is -0.490 e. The molecule has 0 radical (unpaired) electrons. The van der Waals surface area contributed by atoms with Crippen LogP contribution in [0.2, 0.25) is 5.02 Å². The summed E-state index contributed by atoms with van der Waals surface area (Å²) in [5.41, 5.74) is 3.48. The Hall–Kier alpha value is -3.59. The first-order valence-corrected chi connectivity index (χ1v) is 11.6. The van der Waals surface area contributed by atoms with Gasteiger partial charge in [-0.3, -0.25) is 9.59 Å². The van der Waals surface area contributed by atoms with Gasteiger partial charge in [-0.2, -0.15) is 5.10 Å². The van der Waals surface area contributed by atoms with Gasteiger partial charge < -0.3 is 19.5 Å². The van der Waals surface area contributed by atoms with Crippen molar-refractivity contribution < 1.29 is 28.6 Å². The van der Waals surface area contributed by atoms with E-state index in [2.05, 4.69) is 15.8 Å². The van der Waals surface area contributed by atoms with Gasteiger partial charge in [0.15, 0.2) is 18.1 Å². The summed E-state index contributed by atoms with van der Waals surface area (Å²) in [6, 6.07) is 10.6.